The summed E-state index contributed by atoms with van der Waals surface area (Å²) in [6.45, 7) is 7.47. The maximum Gasteiger partial charge on any atom is 0.0614 e. The minimum absolute atomic E-state index is 0.304. The number of nitrogens with two attached hydrogens (primary N) is 1. The van der Waals surface area contributed by atoms with E-state index >= 15 is 0 Å². The SMILES string of the molecule is CC(C)(C)CCNc1cc(Cl)c(Cl)cc1N. The average molecular weight is 261 g/mol. The molecular formula is C12H18Cl2N2. The molecule has 16 heavy (non-hydrogen) atoms. The van der Waals surface area contributed by atoms with E-state index in [9.17, 15) is 0 Å². The standard InChI is InChI=1S/C12H18Cl2N2/c1-12(2,3)4-5-16-11-7-9(14)8(13)6-10(11)15/h6-7,16H,4-5,15H2,1-3H3. The van der Waals surface area contributed by atoms with Crippen LogP contribution >= 0.6 is 23.2 Å². The van der Waals surface area contributed by atoms with Crippen LogP contribution in [0.15, 0.2) is 12.1 Å². The van der Waals surface area contributed by atoms with Gasteiger partial charge in [0, 0.05) is 6.54 Å². The molecule has 0 fully saturated rings. The van der Waals surface area contributed by atoms with E-state index in [1.807, 2.05) is 0 Å². The minimum Gasteiger partial charge on any atom is -0.397 e. The van der Waals surface area contributed by atoms with Gasteiger partial charge in [-0.2, -0.15) is 0 Å². The fraction of sp³-hybridized carbons (Fsp3) is 0.500. The van der Waals surface area contributed by atoms with Gasteiger partial charge in [0.25, 0.3) is 0 Å². The third-order valence-corrected chi connectivity index (χ3v) is 3.01. The molecular weight excluding hydrogens is 243 g/mol. The molecule has 0 saturated carbocycles. The molecule has 0 spiro atoms. The highest BCUT2D eigenvalue weighted by Gasteiger charge is 2.10. The van der Waals surface area contributed by atoms with Crippen molar-refractivity contribution in [1.82, 2.24) is 0 Å². The summed E-state index contributed by atoms with van der Waals surface area (Å²) in [6.07, 6.45) is 1.06. The van der Waals surface area contributed by atoms with Gasteiger partial charge in [0.05, 0.1) is 21.4 Å². The zero-order chi connectivity index (χ0) is 12.3. The molecule has 0 heterocycles. The number of benzene rings is 1. The number of nitrogen functional groups attached to an aromatic ring is 1. The maximum atomic E-state index is 5.93. The van der Waals surface area contributed by atoms with E-state index in [1.165, 1.54) is 0 Å². The van der Waals surface area contributed by atoms with Gasteiger partial charge in [-0.3, -0.25) is 0 Å². The highest BCUT2D eigenvalue weighted by atomic mass is 35.5. The topological polar surface area (TPSA) is 38.0 Å². The largest absolute Gasteiger partial charge is 0.397 e. The molecule has 3 N–H and O–H groups in total. The fourth-order valence-corrected chi connectivity index (χ4v) is 1.62. The summed E-state index contributed by atoms with van der Waals surface area (Å²) in [6, 6.07) is 3.44. The van der Waals surface area contributed by atoms with Crippen LogP contribution in [-0.4, -0.2) is 6.54 Å². The Balaban J connectivity index is 2.64. The van der Waals surface area contributed by atoms with Gasteiger partial charge >= 0.3 is 0 Å². The molecule has 0 atom stereocenters. The van der Waals surface area contributed by atoms with E-state index in [-0.39, 0.29) is 0 Å². The molecule has 0 unspecified atom stereocenters. The van der Waals surface area contributed by atoms with Crippen LogP contribution < -0.4 is 11.1 Å². The smallest absolute Gasteiger partial charge is 0.0614 e. The molecule has 2 nitrogen and oxygen atoms in total. The normalized spacial score (nSPS) is 11.6. The van der Waals surface area contributed by atoms with Gasteiger partial charge in [-0.25, -0.2) is 0 Å². The molecule has 0 amide bonds. The number of hydrogen-bond donors (Lipinski definition) is 2. The van der Waals surface area contributed by atoms with Gasteiger partial charge in [-0.15, -0.1) is 0 Å². The van der Waals surface area contributed by atoms with Crippen LogP contribution in [0.2, 0.25) is 10.0 Å². The minimum atomic E-state index is 0.304. The zero-order valence-electron chi connectivity index (χ0n) is 9.90. The zero-order valence-corrected chi connectivity index (χ0v) is 11.4. The lowest BCUT2D eigenvalue weighted by atomic mass is 9.92. The van der Waals surface area contributed by atoms with E-state index in [4.69, 9.17) is 28.9 Å². The third kappa shape index (κ3) is 4.11. The van der Waals surface area contributed by atoms with Crippen LogP contribution in [0, 0.1) is 5.41 Å². The van der Waals surface area contributed by atoms with Crippen LogP contribution in [0.1, 0.15) is 27.2 Å². The highest BCUT2D eigenvalue weighted by molar-refractivity contribution is 6.42. The summed E-state index contributed by atoms with van der Waals surface area (Å²) in [4.78, 5) is 0. The van der Waals surface area contributed by atoms with Crippen molar-refractivity contribution in [2.75, 3.05) is 17.6 Å². The van der Waals surface area contributed by atoms with Gasteiger partial charge in [0.1, 0.15) is 0 Å². The van der Waals surface area contributed by atoms with E-state index in [2.05, 4.69) is 26.1 Å². The second-order valence-corrected chi connectivity index (χ2v) is 5.91. The van der Waals surface area contributed by atoms with Gasteiger partial charge in [-0.1, -0.05) is 44.0 Å². The predicted octanol–water partition coefficient (Wildman–Crippen LogP) is 4.42. The third-order valence-electron chi connectivity index (χ3n) is 2.28. The lowest BCUT2D eigenvalue weighted by Gasteiger charge is -2.19. The molecule has 1 aromatic rings. The molecule has 0 saturated heterocycles. The Kier molecular flexibility index (Phi) is 4.34. The lowest BCUT2D eigenvalue weighted by molar-refractivity contribution is 0.390. The monoisotopic (exact) mass is 260 g/mol. The molecule has 4 heteroatoms. The van der Waals surface area contributed by atoms with E-state index < -0.39 is 0 Å². The summed E-state index contributed by atoms with van der Waals surface area (Å²) in [5.41, 5.74) is 7.61. The van der Waals surface area contributed by atoms with Crippen molar-refractivity contribution in [2.45, 2.75) is 27.2 Å². The van der Waals surface area contributed by atoms with Gasteiger partial charge in [0.2, 0.25) is 0 Å². The van der Waals surface area contributed by atoms with Crippen molar-refractivity contribution in [3.05, 3.63) is 22.2 Å². The number of hydrogen-bond acceptors (Lipinski definition) is 2. The van der Waals surface area contributed by atoms with Crippen LogP contribution in [0.4, 0.5) is 11.4 Å². The first-order valence-corrected chi connectivity index (χ1v) is 6.03. The molecule has 1 aromatic carbocycles. The molecule has 0 radical (unpaired) electrons. The molecule has 0 aliphatic carbocycles. The lowest BCUT2D eigenvalue weighted by Crippen LogP contribution is -2.13. The molecule has 0 aliphatic rings. The van der Waals surface area contributed by atoms with Crippen molar-refractivity contribution >= 4 is 34.6 Å². The summed E-state index contributed by atoms with van der Waals surface area (Å²) in [5.74, 6) is 0. The quantitative estimate of drug-likeness (QED) is 0.790. The number of halogens is 2. The molecule has 0 aromatic heterocycles. The second kappa shape index (κ2) is 5.15. The maximum absolute atomic E-state index is 5.93. The van der Waals surface area contributed by atoms with Crippen molar-refractivity contribution < 1.29 is 0 Å². The Morgan fingerprint density at radius 3 is 2.31 bits per heavy atom. The second-order valence-electron chi connectivity index (χ2n) is 5.09. The molecule has 1 rings (SSSR count). The number of nitrogens with one attached hydrogen (secondary N) is 1. The van der Waals surface area contributed by atoms with E-state index in [0.717, 1.165) is 18.7 Å². The Labute approximate surface area is 107 Å². The Bertz CT molecular complexity index is 370. The summed E-state index contributed by atoms with van der Waals surface area (Å²) in [7, 11) is 0. The first-order chi connectivity index (χ1) is 7.29. The Morgan fingerprint density at radius 1 is 1.19 bits per heavy atom. The van der Waals surface area contributed by atoms with Crippen molar-refractivity contribution in [2.24, 2.45) is 5.41 Å². The Morgan fingerprint density at radius 2 is 1.75 bits per heavy atom. The van der Waals surface area contributed by atoms with Gasteiger partial charge < -0.3 is 11.1 Å². The van der Waals surface area contributed by atoms with Crippen LogP contribution in [0.3, 0.4) is 0 Å². The van der Waals surface area contributed by atoms with Crippen LogP contribution in [0.25, 0.3) is 0 Å². The molecule has 0 bridgehead atoms. The fourth-order valence-electron chi connectivity index (χ4n) is 1.29. The van der Waals surface area contributed by atoms with E-state index in [0.29, 0.717) is 21.1 Å². The van der Waals surface area contributed by atoms with Crippen molar-refractivity contribution in [1.29, 1.82) is 0 Å². The highest BCUT2D eigenvalue weighted by Crippen LogP contribution is 2.31. The number of anilines is 2. The number of rotatable bonds is 3. The van der Waals surface area contributed by atoms with Crippen molar-refractivity contribution in [3.8, 4) is 0 Å². The predicted molar refractivity (Wildman–Crippen MR) is 73.4 cm³/mol. The molecule has 90 valence electrons. The van der Waals surface area contributed by atoms with Gasteiger partial charge in [0.15, 0.2) is 0 Å². The first-order valence-electron chi connectivity index (χ1n) is 5.28. The summed E-state index contributed by atoms with van der Waals surface area (Å²) in [5, 5.41) is 4.28. The summed E-state index contributed by atoms with van der Waals surface area (Å²) < 4.78 is 0. The van der Waals surface area contributed by atoms with Crippen LogP contribution in [0.5, 0.6) is 0 Å². The van der Waals surface area contributed by atoms with Crippen molar-refractivity contribution in [3.63, 3.8) is 0 Å². The first kappa shape index (κ1) is 13.5. The van der Waals surface area contributed by atoms with Crippen LogP contribution in [-0.2, 0) is 0 Å². The summed E-state index contributed by atoms with van der Waals surface area (Å²) >= 11 is 11.8. The Hall–Kier alpha value is -0.600. The molecule has 0 aliphatic heterocycles. The van der Waals surface area contributed by atoms with Gasteiger partial charge in [-0.05, 0) is 24.0 Å². The average Bonchev–Trinajstić information content (AvgIpc) is 2.11. The van der Waals surface area contributed by atoms with E-state index in [1.54, 1.807) is 12.1 Å².